The molecule has 0 aromatic carbocycles. The zero-order chi connectivity index (χ0) is 11.1. The van der Waals surface area contributed by atoms with Crippen molar-refractivity contribution in [3.8, 4) is 0 Å². The molecule has 1 aliphatic rings. The molecule has 4 nitrogen and oxygen atoms in total. The van der Waals surface area contributed by atoms with Crippen LogP contribution in [0.15, 0.2) is 5.16 Å². The molecule has 0 aromatic heterocycles. The van der Waals surface area contributed by atoms with Crippen molar-refractivity contribution in [3.63, 3.8) is 0 Å². The van der Waals surface area contributed by atoms with Crippen LogP contribution < -0.4 is 5.73 Å². The van der Waals surface area contributed by atoms with Gasteiger partial charge >= 0.3 is 0 Å². The van der Waals surface area contributed by atoms with E-state index in [-0.39, 0.29) is 5.92 Å². The lowest BCUT2D eigenvalue weighted by atomic mass is 10.1. The van der Waals surface area contributed by atoms with Crippen LogP contribution in [0.4, 0.5) is 0 Å². The predicted molar refractivity (Wildman–Crippen MR) is 62.1 cm³/mol. The summed E-state index contributed by atoms with van der Waals surface area (Å²) >= 11 is 0. The number of hydrogen-bond donors (Lipinski definition) is 2. The molecule has 0 aromatic rings. The van der Waals surface area contributed by atoms with Gasteiger partial charge in [0.2, 0.25) is 0 Å². The van der Waals surface area contributed by atoms with Gasteiger partial charge in [0.25, 0.3) is 0 Å². The summed E-state index contributed by atoms with van der Waals surface area (Å²) < 4.78 is 0. The first-order valence-corrected chi connectivity index (χ1v) is 5.94. The van der Waals surface area contributed by atoms with Crippen LogP contribution in [0.3, 0.4) is 0 Å². The van der Waals surface area contributed by atoms with E-state index in [2.05, 4.69) is 10.1 Å². The first-order chi connectivity index (χ1) is 7.24. The van der Waals surface area contributed by atoms with Gasteiger partial charge in [0.1, 0.15) is 5.84 Å². The predicted octanol–water partition coefficient (Wildman–Crippen LogP) is 1.63. The minimum atomic E-state index is 0.148. The largest absolute Gasteiger partial charge is 0.409 e. The fourth-order valence-electron chi connectivity index (χ4n) is 2.07. The second-order valence-corrected chi connectivity index (χ2v) is 4.49. The van der Waals surface area contributed by atoms with Crippen LogP contribution in [0.1, 0.15) is 39.0 Å². The highest BCUT2D eigenvalue weighted by atomic mass is 16.4. The summed E-state index contributed by atoms with van der Waals surface area (Å²) in [5.41, 5.74) is 5.58. The zero-order valence-corrected chi connectivity index (χ0v) is 9.65. The Morgan fingerprint density at radius 3 is 2.33 bits per heavy atom. The van der Waals surface area contributed by atoms with E-state index >= 15 is 0 Å². The Morgan fingerprint density at radius 1 is 1.27 bits per heavy atom. The molecular weight excluding hydrogens is 190 g/mol. The summed E-state index contributed by atoms with van der Waals surface area (Å²) in [5, 5.41) is 11.6. The number of likely N-dealkylation sites (tertiary alicyclic amines) is 1. The Hall–Kier alpha value is -0.770. The molecular formula is C11H23N3O. The van der Waals surface area contributed by atoms with E-state index in [0.717, 1.165) is 19.6 Å². The van der Waals surface area contributed by atoms with E-state index in [1.165, 1.54) is 32.1 Å². The van der Waals surface area contributed by atoms with Gasteiger partial charge in [0.05, 0.1) is 0 Å². The van der Waals surface area contributed by atoms with E-state index in [1.54, 1.807) is 0 Å². The van der Waals surface area contributed by atoms with Crippen molar-refractivity contribution in [2.45, 2.75) is 39.0 Å². The highest BCUT2D eigenvalue weighted by Gasteiger charge is 2.14. The third-order valence-corrected chi connectivity index (χ3v) is 3.10. The monoisotopic (exact) mass is 213 g/mol. The van der Waals surface area contributed by atoms with Crippen LogP contribution in [0.25, 0.3) is 0 Å². The molecule has 0 radical (unpaired) electrons. The number of nitrogens with two attached hydrogens (primary N) is 1. The number of amidine groups is 1. The molecule has 1 rings (SSSR count). The number of hydrogen-bond acceptors (Lipinski definition) is 3. The molecule has 0 aliphatic carbocycles. The Labute approximate surface area is 92.1 Å². The highest BCUT2D eigenvalue weighted by Crippen LogP contribution is 2.11. The first-order valence-electron chi connectivity index (χ1n) is 5.94. The molecule has 1 saturated heterocycles. The van der Waals surface area contributed by atoms with E-state index in [9.17, 15) is 0 Å². The van der Waals surface area contributed by atoms with Crippen LogP contribution in [-0.2, 0) is 0 Å². The zero-order valence-electron chi connectivity index (χ0n) is 9.65. The first kappa shape index (κ1) is 12.3. The summed E-state index contributed by atoms with van der Waals surface area (Å²) in [6, 6.07) is 0. The van der Waals surface area contributed by atoms with Crippen molar-refractivity contribution in [3.05, 3.63) is 0 Å². The maximum Gasteiger partial charge on any atom is 0.143 e. The van der Waals surface area contributed by atoms with Gasteiger partial charge in [-0.2, -0.15) is 0 Å². The van der Waals surface area contributed by atoms with E-state index in [4.69, 9.17) is 10.9 Å². The van der Waals surface area contributed by atoms with Gasteiger partial charge in [-0.1, -0.05) is 31.3 Å². The Balaban J connectivity index is 2.34. The molecule has 0 saturated carbocycles. The fraction of sp³-hybridized carbons (Fsp3) is 0.909. The second-order valence-electron chi connectivity index (χ2n) is 4.49. The molecule has 0 amide bonds. The van der Waals surface area contributed by atoms with Crippen molar-refractivity contribution >= 4 is 5.84 Å². The fourth-order valence-corrected chi connectivity index (χ4v) is 2.07. The second kappa shape index (κ2) is 6.67. The highest BCUT2D eigenvalue weighted by molar-refractivity contribution is 5.82. The molecule has 1 fully saturated rings. The summed E-state index contributed by atoms with van der Waals surface area (Å²) in [6.45, 7) is 5.23. The average molecular weight is 213 g/mol. The van der Waals surface area contributed by atoms with Gasteiger partial charge in [-0.15, -0.1) is 0 Å². The summed E-state index contributed by atoms with van der Waals surface area (Å²) in [6.07, 6.45) is 6.62. The molecule has 1 unspecified atom stereocenters. The molecule has 3 N–H and O–H groups in total. The lowest BCUT2D eigenvalue weighted by Gasteiger charge is -2.26. The summed E-state index contributed by atoms with van der Waals surface area (Å²) in [5.74, 6) is 0.492. The Kier molecular flexibility index (Phi) is 5.47. The smallest absolute Gasteiger partial charge is 0.143 e. The molecule has 1 heterocycles. The lowest BCUT2D eigenvalue weighted by Crippen LogP contribution is -2.36. The molecule has 88 valence electrons. The van der Waals surface area contributed by atoms with Crippen molar-refractivity contribution in [2.75, 3.05) is 19.6 Å². The minimum Gasteiger partial charge on any atom is -0.409 e. The molecule has 1 aliphatic heterocycles. The lowest BCUT2D eigenvalue weighted by molar-refractivity contribution is 0.232. The summed E-state index contributed by atoms with van der Waals surface area (Å²) in [7, 11) is 0. The van der Waals surface area contributed by atoms with Crippen LogP contribution in [0.2, 0.25) is 0 Å². The van der Waals surface area contributed by atoms with Gasteiger partial charge in [-0.25, -0.2) is 0 Å². The third-order valence-electron chi connectivity index (χ3n) is 3.10. The molecule has 15 heavy (non-hydrogen) atoms. The normalized spacial score (nSPS) is 23.1. The van der Waals surface area contributed by atoms with Crippen molar-refractivity contribution in [1.82, 2.24) is 4.90 Å². The summed E-state index contributed by atoms with van der Waals surface area (Å²) in [4.78, 5) is 2.43. The SMILES string of the molecule is CC(CN1CCCCCCC1)/C(N)=N/O. The van der Waals surface area contributed by atoms with Crippen LogP contribution in [0, 0.1) is 5.92 Å². The average Bonchev–Trinajstić information content (AvgIpc) is 2.20. The van der Waals surface area contributed by atoms with Crippen LogP contribution >= 0.6 is 0 Å². The minimum absolute atomic E-state index is 0.148. The van der Waals surface area contributed by atoms with Crippen LogP contribution in [0.5, 0.6) is 0 Å². The number of rotatable bonds is 3. The van der Waals surface area contributed by atoms with E-state index in [1.807, 2.05) is 6.92 Å². The topological polar surface area (TPSA) is 61.8 Å². The number of oxime groups is 1. The van der Waals surface area contributed by atoms with Crippen LogP contribution in [-0.4, -0.2) is 35.6 Å². The van der Waals surface area contributed by atoms with Crippen molar-refractivity contribution in [1.29, 1.82) is 0 Å². The van der Waals surface area contributed by atoms with Gasteiger partial charge in [0.15, 0.2) is 0 Å². The molecule has 1 atom stereocenters. The Morgan fingerprint density at radius 2 is 1.80 bits per heavy atom. The van der Waals surface area contributed by atoms with Gasteiger partial charge < -0.3 is 15.8 Å². The van der Waals surface area contributed by atoms with E-state index < -0.39 is 0 Å². The maximum atomic E-state index is 8.58. The molecule has 0 bridgehead atoms. The third kappa shape index (κ3) is 4.51. The molecule has 4 heteroatoms. The number of nitrogens with zero attached hydrogens (tertiary/aromatic N) is 2. The quantitative estimate of drug-likeness (QED) is 0.324. The van der Waals surface area contributed by atoms with Crippen molar-refractivity contribution in [2.24, 2.45) is 16.8 Å². The van der Waals surface area contributed by atoms with Gasteiger partial charge in [-0.3, -0.25) is 0 Å². The van der Waals surface area contributed by atoms with E-state index in [0.29, 0.717) is 5.84 Å². The standard InChI is InChI=1S/C11H23N3O/c1-10(11(12)13-15)9-14-7-5-3-2-4-6-8-14/h10,15H,2-9H2,1H3,(H2,12,13). The van der Waals surface area contributed by atoms with Gasteiger partial charge in [0, 0.05) is 12.5 Å². The Bertz CT molecular complexity index is 198. The van der Waals surface area contributed by atoms with Crippen molar-refractivity contribution < 1.29 is 5.21 Å². The van der Waals surface area contributed by atoms with Gasteiger partial charge in [-0.05, 0) is 25.9 Å². The molecule has 0 spiro atoms. The maximum absolute atomic E-state index is 8.58.